The van der Waals surface area contributed by atoms with Gasteiger partial charge in [-0.1, -0.05) is 24.3 Å². The molecule has 5 nitrogen and oxygen atoms in total. The van der Waals surface area contributed by atoms with Crippen LogP contribution in [0.25, 0.3) is 0 Å². The van der Waals surface area contributed by atoms with Crippen LogP contribution in [-0.2, 0) is 10.0 Å². The molecule has 0 spiro atoms. The Morgan fingerprint density at radius 2 is 2.05 bits per heavy atom. The standard InChI is InChI=1S/C14H14N2O3S2/c17-14-12-5-2-1-4-11(12)10(8-15-14)9-16-21(18,19)13-6-3-7-20-13/h1-7,10,16H,8-9H2,(H,15,17). The van der Waals surface area contributed by atoms with Crippen molar-refractivity contribution in [2.75, 3.05) is 13.1 Å². The fourth-order valence-corrected chi connectivity index (χ4v) is 4.48. The Hall–Kier alpha value is -1.70. The molecule has 0 aliphatic carbocycles. The van der Waals surface area contributed by atoms with Crippen molar-refractivity contribution >= 4 is 27.3 Å². The van der Waals surface area contributed by atoms with Crippen molar-refractivity contribution in [3.8, 4) is 0 Å². The number of carbonyl (C=O) groups is 1. The number of sulfonamides is 1. The van der Waals surface area contributed by atoms with Crippen molar-refractivity contribution in [2.24, 2.45) is 0 Å². The lowest BCUT2D eigenvalue weighted by Crippen LogP contribution is -2.40. The van der Waals surface area contributed by atoms with Gasteiger partial charge in [0.15, 0.2) is 0 Å². The Labute approximate surface area is 127 Å². The maximum Gasteiger partial charge on any atom is 0.251 e. The first-order valence-electron chi connectivity index (χ1n) is 6.48. The molecule has 0 radical (unpaired) electrons. The summed E-state index contributed by atoms with van der Waals surface area (Å²) in [5.41, 5.74) is 1.50. The molecule has 1 atom stereocenters. The molecule has 0 fully saturated rings. The van der Waals surface area contributed by atoms with E-state index in [1.165, 1.54) is 11.3 Å². The highest BCUT2D eigenvalue weighted by Gasteiger charge is 2.26. The second-order valence-electron chi connectivity index (χ2n) is 4.78. The first-order valence-corrected chi connectivity index (χ1v) is 8.84. The number of hydrogen-bond donors (Lipinski definition) is 2. The summed E-state index contributed by atoms with van der Waals surface area (Å²) in [4.78, 5) is 11.8. The second-order valence-corrected chi connectivity index (χ2v) is 7.72. The van der Waals surface area contributed by atoms with Gasteiger partial charge >= 0.3 is 0 Å². The van der Waals surface area contributed by atoms with Crippen molar-refractivity contribution in [3.05, 3.63) is 52.9 Å². The quantitative estimate of drug-likeness (QED) is 0.897. The molecule has 21 heavy (non-hydrogen) atoms. The van der Waals surface area contributed by atoms with Crippen LogP contribution >= 0.6 is 11.3 Å². The number of nitrogens with one attached hydrogen (secondary N) is 2. The summed E-state index contributed by atoms with van der Waals surface area (Å²) in [5, 5.41) is 4.52. The number of carbonyl (C=O) groups excluding carboxylic acids is 1. The maximum absolute atomic E-state index is 12.1. The van der Waals surface area contributed by atoms with Gasteiger partial charge < -0.3 is 5.32 Å². The van der Waals surface area contributed by atoms with E-state index in [1.54, 1.807) is 29.6 Å². The Morgan fingerprint density at radius 3 is 2.81 bits per heavy atom. The van der Waals surface area contributed by atoms with Gasteiger partial charge in [-0.15, -0.1) is 11.3 Å². The maximum atomic E-state index is 12.1. The zero-order valence-corrected chi connectivity index (χ0v) is 12.7. The van der Waals surface area contributed by atoms with Crippen LogP contribution in [0.4, 0.5) is 0 Å². The van der Waals surface area contributed by atoms with Gasteiger partial charge in [0.25, 0.3) is 5.91 Å². The van der Waals surface area contributed by atoms with Gasteiger partial charge in [0.2, 0.25) is 10.0 Å². The van der Waals surface area contributed by atoms with E-state index in [0.29, 0.717) is 16.3 Å². The van der Waals surface area contributed by atoms with Crippen molar-refractivity contribution in [1.29, 1.82) is 0 Å². The number of rotatable bonds is 4. The topological polar surface area (TPSA) is 75.3 Å². The molecule has 110 valence electrons. The largest absolute Gasteiger partial charge is 0.351 e. The van der Waals surface area contributed by atoms with Crippen LogP contribution in [0.5, 0.6) is 0 Å². The minimum Gasteiger partial charge on any atom is -0.351 e. The van der Waals surface area contributed by atoms with Crippen LogP contribution in [0.1, 0.15) is 21.8 Å². The molecule has 3 rings (SSSR count). The lowest BCUT2D eigenvalue weighted by atomic mass is 9.91. The van der Waals surface area contributed by atoms with Crippen LogP contribution in [0.15, 0.2) is 46.0 Å². The molecule has 1 aliphatic heterocycles. The predicted octanol–water partition coefficient (Wildman–Crippen LogP) is 1.55. The molecule has 1 aliphatic rings. The number of thiophene rings is 1. The third kappa shape index (κ3) is 2.85. The molecule has 1 amide bonds. The normalized spacial score (nSPS) is 18.1. The number of amides is 1. The zero-order chi connectivity index (χ0) is 14.9. The Bertz CT molecular complexity index is 754. The van der Waals surface area contributed by atoms with Crippen LogP contribution in [-0.4, -0.2) is 27.4 Å². The van der Waals surface area contributed by atoms with Gasteiger partial charge in [-0.2, -0.15) is 0 Å². The van der Waals surface area contributed by atoms with Gasteiger partial charge in [0, 0.05) is 24.6 Å². The minimum absolute atomic E-state index is 0.0614. The summed E-state index contributed by atoms with van der Waals surface area (Å²) in [6.45, 7) is 0.695. The van der Waals surface area contributed by atoms with E-state index < -0.39 is 10.0 Å². The van der Waals surface area contributed by atoms with Gasteiger partial charge in [-0.25, -0.2) is 13.1 Å². The van der Waals surface area contributed by atoms with Gasteiger partial charge in [0.05, 0.1) is 0 Å². The summed E-state index contributed by atoms with van der Waals surface area (Å²) in [6.07, 6.45) is 0. The van der Waals surface area contributed by atoms with Crippen molar-refractivity contribution in [1.82, 2.24) is 10.0 Å². The van der Waals surface area contributed by atoms with E-state index >= 15 is 0 Å². The van der Waals surface area contributed by atoms with Crippen LogP contribution in [0.3, 0.4) is 0 Å². The van der Waals surface area contributed by atoms with E-state index in [-0.39, 0.29) is 18.4 Å². The van der Waals surface area contributed by atoms with Crippen LogP contribution in [0, 0.1) is 0 Å². The van der Waals surface area contributed by atoms with Crippen molar-refractivity contribution < 1.29 is 13.2 Å². The lowest BCUT2D eigenvalue weighted by Gasteiger charge is -2.25. The van der Waals surface area contributed by atoms with Gasteiger partial charge in [-0.3, -0.25) is 4.79 Å². The van der Waals surface area contributed by atoms with E-state index in [0.717, 1.165) is 5.56 Å². The predicted molar refractivity (Wildman–Crippen MR) is 81.0 cm³/mol. The van der Waals surface area contributed by atoms with E-state index in [1.807, 2.05) is 12.1 Å². The fourth-order valence-electron chi connectivity index (χ4n) is 2.36. The molecule has 1 aromatic heterocycles. The molecule has 0 bridgehead atoms. The highest BCUT2D eigenvalue weighted by atomic mass is 32.2. The third-order valence-corrected chi connectivity index (χ3v) is 6.25. The van der Waals surface area contributed by atoms with Crippen molar-refractivity contribution in [3.63, 3.8) is 0 Å². The summed E-state index contributed by atoms with van der Waals surface area (Å²) in [6, 6.07) is 10.6. The first kappa shape index (κ1) is 14.2. The number of fused-ring (bicyclic) bond motifs is 1. The number of hydrogen-bond acceptors (Lipinski definition) is 4. The molecule has 0 saturated heterocycles. The molecule has 2 N–H and O–H groups in total. The smallest absolute Gasteiger partial charge is 0.251 e. The highest BCUT2D eigenvalue weighted by molar-refractivity contribution is 7.91. The van der Waals surface area contributed by atoms with Crippen LogP contribution in [0.2, 0.25) is 0 Å². The second kappa shape index (κ2) is 5.59. The first-order chi connectivity index (χ1) is 10.1. The molecule has 2 heterocycles. The summed E-state index contributed by atoms with van der Waals surface area (Å²) >= 11 is 1.18. The fraction of sp³-hybridized carbons (Fsp3) is 0.214. The molecule has 1 unspecified atom stereocenters. The summed E-state index contributed by atoms with van der Waals surface area (Å²) in [5.74, 6) is -0.170. The molecule has 0 saturated carbocycles. The van der Waals surface area contributed by atoms with Gasteiger partial charge in [-0.05, 0) is 23.1 Å². The van der Waals surface area contributed by atoms with E-state index in [9.17, 15) is 13.2 Å². The van der Waals surface area contributed by atoms with E-state index in [4.69, 9.17) is 0 Å². The summed E-state index contributed by atoms with van der Waals surface area (Å²) < 4.78 is 27.2. The minimum atomic E-state index is -3.48. The SMILES string of the molecule is O=C1NCC(CNS(=O)(=O)c2cccs2)c2ccccc21. The zero-order valence-electron chi connectivity index (χ0n) is 11.1. The molecular formula is C14H14N2O3S2. The molecule has 1 aromatic carbocycles. The summed E-state index contributed by atoms with van der Waals surface area (Å²) in [7, 11) is -3.48. The van der Waals surface area contributed by atoms with Gasteiger partial charge in [0.1, 0.15) is 4.21 Å². The van der Waals surface area contributed by atoms with Crippen LogP contribution < -0.4 is 10.0 Å². The molecule has 2 aromatic rings. The Morgan fingerprint density at radius 1 is 1.24 bits per heavy atom. The Balaban J connectivity index is 1.78. The van der Waals surface area contributed by atoms with Crippen molar-refractivity contribution in [2.45, 2.75) is 10.1 Å². The number of benzene rings is 1. The highest BCUT2D eigenvalue weighted by Crippen LogP contribution is 2.24. The monoisotopic (exact) mass is 322 g/mol. The van der Waals surface area contributed by atoms with E-state index in [2.05, 4.69) is 10.0 Å². The molecule has 7 heteroatoms. The average Bonchev–Trinajstić information content (AvgIpc) is 3.02. The molecular weight excluding hydrogens is 308 g/mol. The average molecular weight is 322 g/mol. The Kier molecular flexibility index (Phi) is 3.79. The lowest BCUT2D eigenvalue weighted by molar-refractivity contribution is 0.0940. The third-order valence-electron chi connectivity index (χ3n) is 3.43.